The van der Waals surface area contributed by atoms with E-state index in [0.29, 0.717) is 0 Å². The van der Waals surface area contributed by atoms with Crippen LogP contribution in [0, 0.1) is 6.92 Å². The van der Waals surface area contributed by atoms with E-state index in [1.165, 1.54) is 16.8 Å². The maximum Gasteiger partial charge on any atom is 0.0705 e. The van der Waals surface area contributed by atoms with Gasteiger partial charge in [0, 0.05) is 11.0 Å². The molecule has 2 rings (SSSR count). The highest BCUT2D eigenvalue weighted by molar-refractivity contribution is 5.59. The average molecular weight is 267 g/mol. The molecule has 0 unspecified atom stereocenters. The Morgan fingerprint density at radius 1 is 0.850 bits per heavy atom. The topological polar surface area (TPSA) is 12.9 Å². The lowest BCUT2D eigenvalue weighted by molar-refractivity contribution is 0.369. The third kappa shape index (κ3) is 2.63. The van der Waals surface area contributed by atoms with E-state index in [1.807, 2.05) is 6.07 Å². The molecule has 1 heterocycles. The highest BCUT2D eigenvalue weighted by atomic mass is 14.7. The molecule has 0 fully saturated rings. The third-order valence-corrected chi connectivity index (χ3v) is 4.70. The molecule has 106 valence electrons. The summed E-state index contributed by atoms with van der Waals surface area (Å²) in [6, 6.07) is 14.8. The zero-order valence-electron chi connectivity index (χ0n) is 13.1. The summed E-state index contributed by atoms with van der Waals surface area (Å²) in [5, 5.41) is 0. The second-order valence-electron chi connectivity index (χ2n) is 5.57. The van der Waals surface area contributed by atoms with E-state index < -0.39 is 0 Å². The van der Waals surface area contributed by atoms with Crippen molar-refractivity contribution in [3.8, 4) is 11.3 Å². The highest BCUT2D eigenvalue weighted by Crippen LogP contribution is 2.36. The van der Waals surface area contributed by atoms with Crippen LogP contribution in [-0.2, 0) is 5.41 Å². The molecule has 0 radical (unpaired) electrons. The molecule has 2 aromatic rings. The lowest BCUT2D eigenvalue weighted by atomic mass is 9.75. The minimum Gasteiger partial charge on any atom is -0.252 e. The molecule has 0 aliphatic heterocycles. The van der Waals surface area contributed by atoms with Crippen molar-refractivity contribution in [2.24, 2.45) is 0 Å². The molecule has 20 heavy (non-hydrogen) atoms. The van der Waals surface area contributed by atoms with Crippen LogP contribution in [0.3, 0.4) is 0 Å². The van der Waals surface area contributed by atoms with Crippen LogP contribution in [0.5, 0.6) is 0 Å². The predicted octanol–water partition coefficient (Wildman–Crippen LogP) is 5.52. The van der Waals surface area contributed by atoms with Gasteiger partial charge in [0.25, 0.3) is 0 Å². The molecule has 0 N–H and O–H groups in total. The van der Waals surface area contributed by atoms with Crippen molar-refractivity contribution in [2.45, 2.75) is 52.4 Å². The normalized spacial score (nSPS) is 11.6. The van der Waals surface area contributed by atoms with Gasteiger partial charge >= 0.3 is 0 Å². The van der Waals surface area contributed by atoms with E-state index in [2.05, 4.69) is 64.1 Å². The monoisotopic (exact) mass is 267 g/mol. The molecule has 0 spiro atoms. The van der Waals surface area contributed by atoms with Crippen LogP contribution >= 0.6 is 0 Å². The summed E-state index contributed by atoms with van der Waals surface area (Å²) in [6.07, 6.45) is 3.43. The Balaban J connectivity index is 2.54. The van der Waals surface area contributed by atoms with Gasteiger partial charge in [-0.15, -0.1) is 0 Å². The Hall–Kier alpha value is -1.63. The van der Waals surface area contributed by atoms with Gasteiger partial charge in [-0.25, -0.2) is 0 Å². The summed E-state index contributed by atoms with van der Waals surface area (Å²) in [4.78, 5) is 5.03. The first kappa shape index (κ1) is 14.8. The van der Waals surface area contributed by atoms with Crippen LogP contribution < -0.4 is 0 Å². The van der Waals surface area contributed by atoms with Crippen molar-refractivity contribution in [3.63, 3.8) is 0 Å². The molecule has 0 aliphatic rings. The van der Waals surface area contributed by atoms with Gasteiger partial charge in [0.2, 0.25) is 0 Å². The van der Waals surface area contributed by atoms with Gasteiger partial charge in [0.05, 0.1) is 11.4 Å². The summed E-state index contributed by atoms with van der Waals surface area (Å²) in [5.41, 5.74) is 5.10. The summed E-state index contributed by atoms with van der Waals surface area (Å²) in [5.74, 6) is 0. The average Bonchev–Trinajstić information content (AvgIpc) is 2.52. The number of benzene rings is 1. The number of pyridine rings is 1. The van der Waals surface area contributed by atoms with E-state index in [4.69, 9.17) is 4.98 Å². The fourth-order valence-corrected chi connectivity index (χ4v) is 3.09. The quantitative estimate of drug-likeness (QED) is 0.694. The van der Waals surface area contributed by atoms with Crippen LogP contribution in [0.4, 0.5) is 0 Å². The van der Waals surface area contributed by atoms with Gasteiger partial charge in [-0.3, -0.25) is 4.98 Å². The predicted molar refractivity (Wildman–Crippen MR) is 87.0 cm³/mol. The van der Waals surface area contributed by atoms with Crippen molar-refractivity contribution in [3.05, 3.63) is 53.7 Å². The Labute approximate surface area is 123 Å². The van der Waals surface area contributed by atoms with Crippen molar-refractivity contribution in [1.82, 2.24) is 4.98 Å². The summed E-state index contributed by atoms with van der Waals surface area (Å²) in [6.45, 7) is 9.03. The molecule has 0 aliphatic carbocycles. The van der Waals surface area contributed by atoms with Gasteiger partial charge < -0.3 is 0 Å². The maximum absolute atomic E-state index is 5.03. The second-order valence-corrected chi connectivity index (χ2v) is 5.57. The lowest BCUT2D eigenvalue weighted by Gasteiger charge is -2.31. The Bertz CT molecular complexity index is 545. The van der Waals surface area contributed by atoms with E-state index in [-0.39, 0.29) is 5.41 Å². The van der Waals surface area contributed by atoms with Crippen LogP contribution in [0.2, 0.25) is 0 Å². The first-order valence-electron chi connectivity index (χ1n) is 7.70. The number of nitrogens with zero attached hydrogens (tertiary/aromatic N) is 1. The highest BCUT2D eigenvalue weighted by Gasteiger charge is 2.29. The van der Waals surface area contributed by atoms with Gasteiger partial charge in [0.1, 0.15) is 0 Å². The first-order chi connectivity index (χ1) is 9.66. The molecule has 1 heteroatoms. The first-order valence-corrected chi connectivity index (χ1v) is 7.70. The lowest BCUT2D eigenvalue weighted by Crippen LogP contribution is -2.26. The molecule has 0 saturated carbocycles. The van der Waals surface area contributed by atoms with E-state index in [0.717, 1.165) is 25.0 Å². The fourth-order valence-electron chi connectivity index (χ4n) is 3.09. The number of aryl methyl sites for hydroxylation is 1. The second kappa shape index (κ2) is 6.21. The Morgan fingerprint density at radius 2 is 1.45 bits per heavy atom. The van der Waals surface area contributed by atoms with Gasteiger partial charge in [-0.05, 0) is 37.8 Å². The van der Waals surface area contributed by atoms with Gasteiger partial charge in [-0.2, -0.15) is 0 Å². The molecule has 1 aromatic heterocycles. The van der Waals surface area contributed by atoms with E-state index >= 15 is 0 Å². The summed E-state index contributed by atoms with van der Waals surface area (Å²) >= 11 is 0. The minimum atomic E-state index is 0.217. The number of aromatic nitrogens is 1. The Morgan fingerprint density at radius 3 is 2.00 bits per heavy atom. The molecule has 1 nitrogen and oxygen atoms in total. The molecular formula is C19H25N. The number of hydrogen-bond acceptors (Lipinski definition) is 1. The van der Waals surface area contributed by atoms with E-state index in [9.17, 15) is 0 Å². The zero-order chi connectivity index (χ0) is 14.6. The summed E-state index contributed by atoms with van der Waals surface area (Å²) in [7, 11) is 0. The van der Waals surface area contributed by atoms with Crippen molar-refractivity contribution in [1.29, 1.82) is 0 Å². The van der Waals surface area contributed by atoms with Crippen LogP contribution in [0.1, 0.15) is 51.3 Å². The standard InChI is InChI=1S/C19H25N/c1-5-19(6-2,7-3)18-15(4)13-14-17(20-18)16-11-9-8-10-12-16/h8-14H,5-7H2,1-4H3. The minimum absolute atomic E-state index is 0.217. The van der Waals surface area contributed by atoms with Gasteiger partial charge in [0.15, 0.2) is 0 Å². The zero-order valence-corrected chi connectivity index (χ0v) is 13.1. The largest absolute Gasteiger partial charge is 0.252 e. The molecule has 1 aromatic carbocycles. The van der Waals surface area contributed by atoms with E-state index in [1.54, 1.807) is 0 Å². The molecule has 0 atom stereocenters. The van der Waals surface area contributed by atoms with Crippen molar-refractivity contribution >= 4 is 0 Å². The molecule has 0 bridgehead atoms. The maximum atomic E-state index is 5.03. The van der Waals surface area contributed by atoms with Crippen LogP contribution in [0.25, 0.3) is 11.3 Å². The number of rotatable bonds is 5. The van der Waals surface area contributed by atoms with Crippen molar-refractivity contribution in [2.75, 3.05) is 0 Å². The third-order valence-electron chi connectivity index (χ3n) is 4.70. The smallest absolute Gasteiger partial charge is 0.0705 e. The molecular weight excluding hydrogens is 242 g/mol. The molecule has 0 saturated heterocycles. The molecule has 0 amide bonds. The Kier molecular flexibility index (Phi) is 4.59. The SMILES string of the molecule is CCC(CC)(CC)c1nc(-c2ccccc2)ccc1C. The van der Waals surface area contributed by atoms with Crippen LogP contribution in [-0.4, -0.2) is 4.98 Å². The van der Waals surface area contributed by atoms with Crippen LogP contribution in [0.15, 0.2) is 42.5 Å². The van der Waals surface area contributed by atoms with Crippen molar-refractivity contribution < 1.29 is 0 Å². The fraction of sp³-hybridized carbons (Fsp3) is 0.421. The summed E-state index contributed by atoms with van der Waals surface area (Å²) < 4.78 is 0. The van der Waals surface area contributed by atoms with Gasteiger partial charge in [-0.1, -0.05) is 57.2 Å². The number of hydrogen-bond donors (Lipinski definition) is 0.